The van der Waals surface area contributed by atoms with E-state index in [1.54, 1.807) is 24.3 Å². The summed E-state index contributed by atoms with van der Waals surface area (Å²) in [5.74, 6) is -0.193. The van der Waals surface area contributed by atoms with Crippen molar-refractivity contribution in [2.75, 3.05) is 0 Å². The molecule has 0 amide bonds. The van der Waals surface area contributed by atoms with E-state index in [0.29, 0.717) is 24.0 Å². The molecule has 0 unspecified atom stereocenters. The fourth-order valence-corrected chi connectivity index (χ4v) is 5.29. The largest absolute Gasteiger partial charge is 0.207 e. The van der Waals surface area contributed by atoms with Crippen molar-refractivity contribution in [3.8, 4) is 0 Å². The molecule has 2 aliphatic rings. The molecular weight excluding hydrogens is 381 g/mol. The fourth-order valence-electron chi connectivity index (χ4n) is 5.29. The molecule has 2 aliphatic carbocycles. The summed E-state index contributed by atoms with van der Waals surface area (Å²) in [4.78, 5) is 0. The molecule has 0 heterocycles. The number of halogens is 3. The van der Waals surface area contributed by atoms with Gasteiger partial charge in [0.25, 0.3) is 0 Å². The minimum atomic E-state index is -0.485. The smallest absolute Gasteiger partial charge is 0.133 e. The lowest BCUT2D eigenvalue weighted by Gasteiger charge is -2.29. The maximum Gasteiger partial charge on any atom is 0.133 e. The van der Waals surface area contributed by atoms with E-state index >= 15 is 8.78 Å². The van der Waals surface area contributed by atoms with E-state index in [0.717, 1.165) is 42.7 Å². The molecule has 0 nitrogen and oxygen atoms in total. The van der Waals surface area contributed by atoms with Crippen molar-refractivity contribution in [1.82, 2.24) is 0 Å². The molecule has 160 valence electrons. The van der Waals surface area contributed by atoms with Gasteiger partial charge in [0, 0.05) is 5.56 Å². The third-order valence-corrected chi connectivity index (χ3v) is 7.07. The van der Waals surface area contributed by atoms with Gasteiger partial charge in [-0.3, -0.25) is 0 Å². The number of unbranched alkanes of at least 4 members (excludes halogenated alkanes) is 2. The van der Waals surface area contributed by atoms with Crippen LogP contribution in [0.2, 0.25) is 0 Å². The van der Waals surface area contributed by atoms with Gasteiger partial charge in [0.05, 0.1) is 0 Å². The summed E-state index contributed by atoms with van der Waals surface area (Å²) in [5, 5.41) is 0. The van der Waals surface area contributed by atoms with Gasteiger partial charge in [-0.05, 0) is 90.8 Å². The number of hydrogen-bond acceptors (Lipinski definition) is 0. The van der Waals surface area contributed by atoms with Gasteiger partial charge in [-0.2, -0.15) is 0 Å². The van der Waals surface area contributed by atoms with E-state index in [-0.39, 0.29) is 17.3 Å². The highest BCUT2D eigenvalue weighted by molar-refractivity contribution is 5.71. The summed E-state index contributed by atoms with van der Waals surface area (Å²) >= 11 is 0. The van der Waals surface area contributed by atoms with Crippen molar-refractivity contribution in [2.24, 2.45) is 5.92 Å². The first kappa shape index (κ1) is 21.2. The Bertz CT molecular complexity index is 897. The average Bonchev–Trinajstić information content (AvgIpc) is 2.74. The number of hydrogen-bond donors (Lipinski definition) is 0. The lowest BCUT2D eigenvalue weighted by molar-refractivity contribution is 0.302. The normalized spacial score (nSPS) is 21.3. The van der Waals surface area contributed by atoms with E-state index in [9.17, 15) is 4.39 Å². The molecule has 3 heteroatoms. The second-order valence-electron chi connectivity index (χ2n) is 9.06. The zero-order valence-electron chi connectivity index (χ0n) is 17.8. The van der Waals surface area contributed by atoms with Crippen LogP contribution in [0.15, 0.2) is 36.4 Å². The van der Waals surface area contributed by atoms with Crippen LogP contribution in [0.5, 0.6) is 0 Å². The Morgan fingerprint density at radius 2 is 1.63 bits per heavy atom. The number of benzene rings is 2. The molecule has 0 atom stereocenters. The molecule has 0 bridgehead atoms. The molecule has 0 radical (unpaired) electrons. The molecule has 4 rings (SSSR count). The van der Waals surface area contributed by atoms with Gasteiger partial charge in [-0.25, -0.2) is 13.2 Å². The SMILES string of the molecule is CCCCCC1CCC(c2cc(F)c(C3=CCc4c(F)cccc4C3)c(F)c2)CC1. The molecule has 0 spiro atoms. The van der Waals surface area contributed by atoms with Gasteiger partial charge < -0.3 is 0 Å². The lowest BCUT2D eigenvalue weighted by atomic mass is 9.76. The summed E-state index contributed by atoms with van der Waals surface area (Å²) in [6.07, 6.45) is 12.0. The summed E-state index contributed by atoms with van der Waals surface area (Å²) in [6, 6.07) is 8.02. The van der Waals surface area contributed by atoms with E-state index in [4.69, 9.17) is 0 Å². The molecule has 0 saturated heterocycles. The first-order valence-electron chi connectivity index (χ1n) is 11.5. The minimum absolute atomic E-state index is 0.0573. The van der Waals surface area contributed by atoms with Crippen LogP contribution in [0.1, 0.15) is 86.5 Å². The molecule has 0 aliphatic heterocycles. The van der Waals surface area contributed by atoms with Gasteiger partial charge in [0.1, 0.15) is 17.5 Å². The Morgan fingerprint density at radius 3 is 2.33 bits per heavy atom. The Kier molecular flexibility index (Phi) is 6.65. The predicted molar refractivity (Wildman–Crippen MR) is 117 cm³/mol. The average molecular weight is 413 g/mol. The molecule has 2 aromatic rings. The molecule has 1 fully saturated rings. The van der Waals surface area contributed by atoms with Crippen LogP contribution >= 0.6 is 0 Å². The summed E-state index contributed by atoms with van der Waals surface area (Å²) in [7, 11) is 0. The van der Waals surface area contributed by atoms with Gasteiger partial charge in [-0.15, -0.1) is 0 Å². The van der Waals surface area contributed by atoms with Crippen LogP contribution in [-0.2, 0) is 12.8 Å². The Labute approximate surface area is 178 Å². The number of allylic oxidation sites excluding steroid dienone is 2. The Hall–Kier alpha value is -2.03. The monoisotopic (exact) mass is 412 g/mol. The molecule has 0 aromatic heterocycles. The van der Waals surface area contributed by atoms with Crippen molar-refractivity contribution < 1.29 is 13.2 Å². The number of fused-ring (bicyclic) bond motifs is 1. The van der Waals surface area contributed by atoms with Gasteiger partial charge in [0.15, 0.2) is 0 Å². The van der Waals surface area contributed by atoms with Gasteiger partial charge >= 0.3 is 0 Å². The first-order valence-corrected chi connectivity index (χ1v) is 11.5. The van der Waals surface area contributed by atoms with Gasteiger partial charge in [0.2, 0.25) is 0 Å². The predicted octanol–water partition coefficient (Wildman–Crippen LogP) is 8.14. The fraction of sp³-hybridized carbons (Fsp3) is 0.481. The quantitative estimate of drug-likeness (QED) is 0.420. The third kappa shape index (κ3) is 4.50. The van der Waals surface area contributed by atoms with Crippen LogP contribution in [-0.4, -0.2) is 0 Å². The highest BCUT2D eigenvalue weighted by Gasteiger charge is 2.26. The van der Waals surface area contributed by atoms with Crippen molar-refractivity contribution in [3.05, 3.63) is 76.1 Å². The zero-order valence-corrected chi connectivity index (χ0v) is 17.8. The molecule has 1 saturated carbocycles. The summed E-state index contributed by atoms with van der Waals surface area (Å²) < 4.78 is 44.0. The second kappa shape index (κ2) is 9.41. The molecular formula is C27H31F3. The van der Waals surface area contributed by atoms with Crippen molar-refractivity contribution in [1.29, 1.82) is 0 Å². The van der Waals surface area contributed by atoms with Crippen LogP contribution in [0.4, 0.5) is 13.2 Å². The maximum atomic E-state index is 15.0. The Morgan fingerprint density at radius 1 is 0.900 bits per heavy atom. The zero-order chi connectivity index (χ0) is 21.1. The molecule has 0 N–H and O–H groups in total. The summed E-state index contributed by atoms with van der Waals surface area (Å²) in [5.41, 5.74) is 2.92. The topological polar surface area (TPSA) is 0 Å². The number of rotatable bonds is 6. The van der Waals surface area contributed by atoms with Crippen LogP contribution in [0.3, 0.4) is 0 Å². The highest BCUT2D eigenvalue weighted by Crippen LogP contribution is 2.40. The van der Waals surface area contributed by atoms with E-state index in [1.807, 2.05) is 6.07 Å². The Balaban J connectivity index is 1.47. The lowest BCUT2D eigenvalue weighted by Crippen LogP contribution is -2.14. The minimum Gasteiger partial charge on any atom is -0.207 e. The van der Waals surface area contributed by atoms with E-state index in [2.05, 4.69) is 6.92 Å². The van der Waals surface area contributed by atoms with Crippen LogP contribution in [0.25, 0.3) is 5.57 Å². The van der Waals surface area contributed by atoms with Crippen molar-refractivity contribution in [2.45, 2.75) is 77.0 Å². The maximum absolute atomic E-state index is 15.0. The van der Waals surface area contributed by atoms with Crippen LogP contribution < -0.4 is 0 Å². The third-order valence-electron chi connectivity index (χ3n) is 7.07. The highest BCUT2D eigenvalue weighted by atomic mass is 19.1. The second-order valence-corrected chi connectivity index (χ2v) is 9.06. The van der Waals surface area contributed by atoms with Gasteiger partial charge in [-0.1, -0.05) is 50.8 Å². The van der Waals surface area contributed by atoms with Crippen molar-refractivity contribution in [3.63, 3.8) is 0 Å². The molecule has 30 heavy (non-hydrogen) atoms. The summed E-state index contributed by atoms with van der Waals surface area (Å²) in [6.45, 7) is 2.23. The van der Waals surface area contributed by atoms with Crippen molar-refractivity contribution >= 4 is 5.57 Å². The standard InChI is InChI=1S/C27H31F3/c1-2-3-4-6-18-9-11-19(12-10-18)22-16-25(29)27(26(30)17-22)21-13-14-23-20(15-21)7-5-8-24(23)28/h5,7-8,13,16-19H,2-4,6,9-12,14-15H2,1H3. The van der Waals surface area contributed by atoms with Crippen LogP contribution in [0, 0.1) is 23.4 Å². The van der Waals surface area contributed by atoms with E-state index in [1.165, 1.54) is 31.7 Å². The molecule has 2 aromatic carbocycles. The first-order chi connectivity index (χ1) is 14.6. The van der Waals surface area contributed by atoms with E-state index < -0.39 is 11.6 Å².